The topological polar surface area (TPSA) is 46.6 Å². The number of hydrogen-bond donors (Lipinski definition) is 0. The molecule has 0 N–H and O–H groups in total. The van der Waals surface area contributed by atoms with E-state index in [0.717, 1.165) is 16.2 Å². The van der Waals surface area contributed by atoms with Crippen molar-refractivity contribution in [3.63, 3.8) is 0 Å². The van der Waals surface area contributed by atoms with Gasteiger partial charge in [-0.1, -0.05) is 36.9 Å². The summed E-state index contributed by atoms with van der Waals surface area (Å²) in [6.07, 6.45) is 6.26. The third-order valence-electron chi connectivity index (χ3n) is 4.43. The summed E-state index contributed by atoms with van der Waals surface area (Å²) in [6.45, 7) is 4.38. The Balaban J connectivity index is 1.95. The number of ether oxygens (including phenoxy) is 1. The molecule has 0 aliphatic carbocycles. The zero-order valence-electron chi connectivity index (χ0n) is 13.7. The van der Waals surface area contributed by atoms with E-state index in [-0.39, 0.29) is 17.8 Å². The van der Waals surface area contributed by atoms with Crippen LogP contribution in [-0.2, 0) is 9.53 Å². The van der Waals surface area contributed by atoms with E-state index in [0.29, 0.717) is 24.1 Å². The molecule has 0 saturated heterocycles. The summed E-state index contributed by atoms with van der Waals surface area (Å²) in [5.41, 5.74) is 3.13. The van der Waals surface area contributed by atoms with E-state index in [4.69, 9.17) is 4.74 Å². The predicted molar refractivity (Wildman–Crippen MR) is 96.6 cm³/mol. The van der Waals surface area contributed by atoms with Gasteiger partial charge in [-0.15, -0.1) is 11.8 Å². The highest BCUT2D eigenvalue weighted by Gasteiger charge is 2.41. The van der Waals surface area contributed by atoms with Gasteiger partial charge in [0, 0.05) is 22.7 Å². The number of thioether (sulfide) groups is 1. The molecule has 124 valence electrons. The fraction of sp³-hybridized carbons (Fsp3) is 0.263. The Morgan fingerprint density at radius 3 is 2.62 bits per heavy atom. The van der Waals surface area contributed by atoms with Crippen molar-refractivity contribution in [1.29, 1.82) is 0 Å². The van der Waals surface area contributed by atoms with Gasteiger partial charge in [0.1, 0.15) is 6.04 Å². The molecule has 24 heavy (non-hydrogen) atoms. The second kappa shape index (κ2) is 6.69. The van der Waals surface area contributed by atoms with Crippen molar-refractivity contribution in [3.8, 4) is 0 Å². The van der Waals surface area contributed by atoms with Crippen LogP contribution < -0.4 is 0 Å². The lowest BCUT2D eigenvalue weighted by Gasteiger charge is -2.25. The Morgan fingerprint density at radius 1 is 1.33 bits per heavy atom. The van der Waals surface area contributed by atoms with Gasteiger partial charge in [-0.3, -0.25) is 4.79 Å². The van der Waals surface area contributed by atoms with Gasteiger partial charge in [0.2, 0.25) is 0 Å². The summed E-state index contributed by atoms with van der Waals surface area (Å²) in [6, 6.07) is 7.08. The zero-order valence-corrected chi connectivity index (χ0v) is 14.6. The van der Waals surface area contributed by atoms with Crippen molar-refractivity contribution in [2.75, 3.05) is 19.9 Å². The molecule has 0 aromatic heterocycles. The second-order valence-electron chi connectivity index (χ2n) is 5.64. The second-order valence-corrected chi connectivity index (χ2v) is 6.52. The number of carbonyl (C=O) groups is 2. The zero-order chi connectivity index (χ0) is 17.3. The Kier molecular flexibility index (Phi) is 4.62. The number of allylic oxidation sites excluding steroid dienone is 1. The number of fused-ring (bicyclic) bond motifs is 1. The third kappa shape index (κ3) is 2.69. The molecular weight excluding hydrogens is 322 g/mol. The smallest absolute Gasteiger partial charge is 0.335 e. The lowest BCUT2D eigenvalue weighted by Crippen LogP contribution is -2.36. The number of hydrogen-bond acceptors (Lipinski definition) is 5. The largest absolute Gasteiger partial charge is 0.466 e. The summed E-state index contributed by atoms with van der Waals surface area (Å²) >= 11 is 1.55. The highest BCUT2D eigenvalue weighted by molar-refractivity contribution is 8.02. The van der Waals surface area contributed by atoms with Crippen LogP contribution in [0.5, 0.6) is 0 Å². The van der Waals surface area contributed by atoms with Gasteiger partial charge >= 0.3 is 5.97 Å². The number of methoxy groups -OCH3 is 1. The minimum atomic E-state index is -0.355. The molecular formula is C19H19NO3S. The highest BCUT2D eigenvalue weighted by atomic mass is 32.2. The number of esters is 1. The summed E-state index contributed by atoms with van der Waals surface area (Å²) < 4.78 is 4.86. The van der Waals surface area contributed by atoms with Gasteiger partial charge < -0.3 is 9.64 Å². The first-order chi connectivity index (χ1) is 11.6. The number of nitrogens with zero attached hydrogens (tertiary/aromatic N) is 1. The SMILES string of the molecule is C=Cc1ccc(C(=O)C2C(SC)=CC3=C(C(=O)OC)CCN32)cc1. The summed E-state index contributed by atoms with van der Waals surface area (Å²) in [7, 11) is 1.39. The van der Waals surface area contributed by atoms with Crippen LogP contribution in [0.3, 0.4) is 0 Å². The molecule has 2 heterocycles. The van der Waals surface area contributed by atoms with Crippen LogP contribution in [0.25, 0.3) is 6.08 Å². The van der Waals surface area contributed by atoms with E-state index >= 15 is 0 Å². The minimum Gasteiger partial charge on any atom is -0.466 e. The van der Waals surface area contributed by atoms with Crippen LogP contribution in [0.1, 0.15) is 22.3 Å². The molecule has 1 aromatic rings. The van der Waals surface area contributed by atoms with Gasteiger partial charge in [-0.25, -0.2) is 4.79 Å². The standard InChI is InChI=1S/C19H19NO3S/c1-4-12-5-7-13(8-6-12)18(21)17-16(24-3)11-15-14(19(22)23-2)9-10-20(15)17/h4-8,11,17H,1,9-10H2,2-3H3. The Labute approximate surface area is 145 Å². The highest BCUT2D eigenvalue weighted by Crippen LogP contribution is 2.40. The van der Waals surface area contributed by atoms with Crippen LogP contribution in [0.15, 0.2) is 53.1 Å². The first-order valence-corrected chi connectivity index (χ1v) is 8.93. The average Bonchev–Trinajstić information content (AvgIpc) is 3.19. The number of rotatable bonds is 5. The quantitative estimate of drug-likeness (QED) is 0.608. The number of ketones is 1. The van der Waals surface area contributed by atoms with E-state index in [1.165, 1.54) is 7.11 Å². The van der Waals surface area contributed by atoms with Crippen molar-refractivity contribution < 1.29 is 14.3 Å². The first-order valence-electron chi connectivity index (χ1n) is 7.71. The first kappa shape index (κ1) is 16.6. The number of Topliss-reactive ketones (excluding diaryl/α,β-unsaturated/α-hetero) is 1. The summed E-state index contributed by atoms with van der Waals surface area (Å²) in [5.74, 6) is -0.264. The van der Waals surface area contributed by atoms with Crippen molar-refractivity contribution in [2.24, 2.45) is 0 Å². The van der Waals surface area contributed by atoms with Gasteiger partial charge in [-0.2, -0.15) is 0 Å². The number of benzene rings is 1. The van der Waals surface area contributed by atoms with Gasteiger partial charge in [0.05, 0.1) is 12.7 Å². The van der Waals surface area contributed by atoms with Crippen molar-refractivity contribution in [2.45, 2.75) is 12.5 Å². The molecule has 0 bridgehead atoms. The fourth-order valence-electron chi connectivity index (χ4n) is 3.17. The molecule has 0 saturated carbocycles. The maximum Gasteiger partial charge on any atom is 0.335 e. The van der Waals surface area contributed by atoms with Crippen molar-refractivity contribution in [1.82, 2.24) is 4.90 Å². The molecule has 0 spiro atoms. The maximum atomic E-state index is 13.0. The monoisotopic (exact) mass is 341 g/mol. The van der Waals surface area contributed by atoms with Crippen LogP contribution in [0.2, 0.25) is 0 Å². The van der Waals surface area contributed by atoms with Gasteiger partial charge in [0.15, 0.2) is 5.78 Å². The molecule has 3 rings (SSSR count). The molecule has 0 amide bonds. The van der Waals surface area contributed by atoms with Crippen molar-refractivity contribution in [3.05, 3.63) is 64.2 Å². The van der Waals surface area contributed by atoms with Crippen LogP contribution >= 0.6 is 11.8 Å². The molecule has 1 atom stereocenters. The Hall–Kier alpha value is -2.27. The predicted octanol–water partition coefficient (Wildman–Crippen LogP) is 3.27. The third-order valence-corrected chi connectivity index (χ3v) is 5.24. The lowest BCUT2D eigenvalue weighted by atomic mass is 10.0. The van der Waals surface area contributed by atoms with E-state index in [2.05, 4.69) is 6.58 Å². The average molecular weight is 341 g/mol. The summed E-state index contributed by atoms with van der Waals surface area (Å²) in [5, 5.41) is 0. The summed E-state index contributed by atoms with van der Waals surface area (Å²) in [4.78, 5) is 28.0. The normalized spacial score (nSPS) is 19.2. The van der Waals surface area contributed by atoms with Gasteiger partial charge in [-0.05, 0) is 24.3 Å². The molecule has 2 aliphatic rings. The lowest BCUT2D eigenvalue weighted by molar-refractivity contribution is -0.136. The molecule has 1 unspecified atom stereocenters. The number of carbonyl (C=O) groups excluding carboxylic acids is 2. The van der Waals surface area contributed by atoms with E-state index < -0.39 is 0 Å². The van der Waals surface area contributed by atoms with Gasteiger partial charge in [0.25, 0.3) is 0 Å². The van der Waals surface area contributed by atoms with E-state index in [1.807, 2.05) is 41.5 Å². The van der Waals surface area contributed by atoms with Crippen LogP contribution in [-0.4, -0.2) is 42.6 Å². The fourth-order valence-corrected chi connectivity index (χ4v) is 3.86. The molecule has 0 radical (unpaired) electrons. The molecule has 4 nitrogen and oxygen atoms in total. The van der Waals surface area contributed by atoms with Crippen LogP contribution in [0.4, 0.5) is 0 Å². The van der Waals surface area contributed by atoms with E-state index in [9.17, 15) is 9.59 Å². The Morgan fingerprint density at radius 2 is 2.04 bits per heavy atom. The molecule has 0 fully saturated rings. The van der Waals surface area contributed by atoms with Crippen LogP contribution in [0, 0.1) is 0 Å². The van der Waals surface area contributed by atoms with Crippen molar-refractivity contribution >= 4 is 29.6 Å². The maximum absolute atomic E-state index is 13.0. The minimum absolute atomic E-state index is 0.0485. The molecule has 1 aromatic carbocycles. The molecule has 2 aliphatic heterocycles. The molecule has 5 heteroatoms. The van der Waals surface area contributed by atoms with E-state index in [1.54, 1.807) is 17.8 Å². The Bertz CT molecular complexity index is 761.